The van der Waals surface area contributed by atoms with Crippen molar-refractivity contribution in [1.82, 2.24) is 0 Å². The van der Waals surface area contributed by atoms with Crippen molar-refractivity contribution in [2.75, 3.05) is 0 Å². The Kier molecular flexibility index (Phi) is 6140. The molecule has 0 saturated carbocycles. The van der Waals surface area contributed by atoms with Gasteiger partial charge in [-0.15, -0.1) is 0 Å². The molecule has 0 aliphatic rings. The van der Waals surface area contributed by atoms with Gasteiger partial charge in [0, 0.05) is 17.1 Å². The second kappa shape index (κ2) is 168. The van der Waals surface area contributed by atoms with E-state index in [9.17, 15) is 0 Å². The van der Waals surface area contributed by atoms with Crippen LogP contribution in [0.1, 0.15) is 0 Å². The first-order valence-corrected chi connectivity index (χ1v) is 0. The maximum atomic E-state index is 0. The quantitative estimate of drug-likeness (QED) is 0.392. The van der Waals surface area contributed by atoms with E-state index in [0.29, 0.717) is 0 Å². The van der Waals surface area contributed by atoms with Gasteiger partial charge in [0.05, 0.1) is 0 Å². The summed E-state index contributed by atoms with van der Waals surface area (Å²) in [6, 6.07) is 0. The zero-order valence-corrected chi connectivity index (χ0v) is 7.49. The van der Waals surface area contributed by atoms with Gasteiger partial charge in [0.25, 0.3) is 0 Å². The Bertz CT molecular complexity index is 9.65. The summed E-state index contributed by atoms with van der Waals surface area (Å²) < 4.78 is 0. The van der Waals surface area contributed by atoms with Crippen LogP contribution in [-0.4, -0.2) is 21.9 Å². The minimum Gasteiger partial charge on any atom is -1.00 e. The maximum Gasteiger partial charge on any atom is 0 e. The maximum absolute atomic E-state index is 0. The van der Waals surface area contributed by atoms with Crippen LogP contribution in [0.4, 0.5) is 0 Å². The molecule has 55 valence electrons. The van der Waals surface area contributed by atoms with E-state index in [1.165, 1.54) is 0 Å². The molecule has 0 fully saturated rings. The Balaban J connectivity index is 0. The van der Waals surface area contributed by atoms with Crippen molar-refractivity contribution in [3.05, 3.63) is 0 Å². The van der Waals surface area contributed by atoms with Gasteiger partial charge in [-0.2, -0.15) is 0 Å². The summed E-state index contributed by atoms with van der Waals surface area (Å²) in [5, 5.41) is 0. The monoisotopic (exact) mass is 285 g/mol. The van der Waals surface area contributed by atoms with Gasteiger partial charge in [-0.1, -0.05) is 0 Å². The fourth-order valence-electron chi connectivity index (χ4n) is 0. The van der Waals surface area contributed by atoms with Gasteiger partial charge in [-0.25, -0.2) is 0 Å². The third-order valence-electron chi connectivity index (χ3n) is 0. The van der Waals surface area contributed by atoms with Crippen LogP contribution in [0.3, 0.4) is 0 Å². The van der Waals surface area contributed by atoms with Crippen molar-refractivity contribution >= 4 is 0 Å². The van der Waals surface area contributed by atoms with E-state index in [-0.39, 0.29) is 72.9 Å². The standard InChI is InChI=1S/2BrH.Mn.4H2O/h2*1H;;4*1H2/p-2. The first-order chi connectivity index (χ1) is 0. The zero-order chi connectivity index (χ0) is 0. The molecule has 0 rings (SSSR count). The molecule has 4 nitrogen and oxygen atoms in total. The normalized spacial score (nSPS) is 0. The van der Waals surface area contributed by atoms with E-state index in [0.717, 1.165) is 0 Å². The van der Waals surface area contributed by atoms with Crippen molar-refractivity contribution in [1.29, 1.82) is 0 Å². The molecule has 0 heterocycles. The second-order valence-electron chi connectivity index (χ2n) is 0. The number of halogens is 2. The largest absolute Gasteiger partial charge is 1.00 e. The molecule has 7 heavy (non-hydrogen) atoms. The predicted molar refractivity (Wildman–Crippen MR) is 14.5 cm³/mol. The molecule has 0 aromatic carbocycles. The van der Waals surface area contributed by atoms with Crippen LogP contribution in [0.15, 0.2) is 0 Å². The zero-order valence-electron chi connectivity index (χ0n) is 3.13. The molecule has 0 aliphatic heterocycles. The van der Waals surface area contributed by atoms with Crippen LogP contribution in [0.5, 0.6) is 0 Å². The van der Waals surface area contributed by atoms with E-state index in [1.54, 1.807) is 0 Å². The van der Waals surface area contributed by atoms with Gasteiger partial charge in [0.15, 0.2) is 0 Å². The molecule has 0 spiro atoms. The van der Waals surface area contributed by atoms with E-state index in [1.807, 2.05) is 0 Å². The smallest absolute Gasteiger partial charge is 0 e. The fourth-order valence-corrected chi connectivity index (χ4v) is 0. The van der Waals surface area contributed by atoms with Crippen molar-refractivity contribution in [2.45, 2.75) is 0 Å². The van der Waals surface area contributed by atoms with Crippen LogP contribution in [0, 0.1) is 0 Å². The number of rotatable bonds is 0. The molecular weight excluding hydrogens is 279 g/mol. The molecule has 0 amide bonds. The van der Waals surface area contributed by atoms with Crippen molar-refractivity contribution in [3.8, 4) is 0 Å². The summed E-state index contributed by atoms with van der Waals surface area (Å²) in [6.45, 7) is 0. The second-order valence-corrected chi connectivity index (χ2v) is 0. The minimum atomic E-state index is 0. The minimum absolute atomic E-state index is 0. The molecule has 1 radical (unpaired) electrons. The van der Waals surface area contributed by atoms with Crippen molar-refractivity contribution in [3.63, 3.8) is 0 Å². The predicted octanol–water partition coefficient (Wildman–Crippen LogP) is -9.29. The molecule has 0 atom stereocenters. The van der Waals surface area contributed by atoms with Crippen LogP contribution >= 0.6 is 0 Å². The fraction of sp³-hybridized carbons (Fsp3) is 0. The van der Waals surface area contributed by atoms with Crippen molar-refractivity contribution in [2.24, 2.45) is 0 Å². The summed E-state index contributed by atoms with van der Waals surface area (Å²) >= 11 is 0. The van der Waals surface area contributed by atoms with Crippen LogP contribution in [0.2, 0.25) is 0 Å². The van der Waals surface area contributed by atoms with Gasteiger partial charge in [0.1, 0.15) is 0 Å². The molecule has 8 N–H and O–H groups in total. The van der Waals surface area contributed by atoms with Crippen LogP contribution in [0.25, 0.3) is 0 Å². The summed E-state index contributed by atoms with van der Waals surface area (Å²) in [5.41, 5.74) is 0. The Morgan fingerprint density at radius 2 is 0.429 bits per heavy atom. The van der Waals surface area contributed by atoms with E-state index < -0.39 is 0 Å². The molecule has 0 aromatic rings. The number of hydrogen-bond donors (Lipinski definition) is 0. The van der Waals surface area contributed by atoms with E-state index in [4.69, 9.17) is 0 Å². The number of hydrogen-bond acceptors (Lipinski definition) is 0. The topological polar surface area (TPSA) is 126 Å². The van der Waals surface area contributed by atoms with Crippen molar-refractivity contribution < 1.29 is 72.9 Å². The average Bonchev–Trinajstić information content (AvgIpc) is 0. The van der Waals surface area contributed by atoms with Gasteiger partial charge in [0.2, 0.25) is 0 Å². The molecule has 0 bridgehead atoms. The SMILES string of the molecule is O.O.O.O.[Br-].[Br-].[Mn]. The van der Waals surface area contributed by atoms with Crippen LogP contribution < -0.4 is 34.0 Å². The molecular formula is H8Br2MnO4-2. The molecule has 0 unspecified atom stereocenters. The summed E-state index contributed by atoms with van der Waals surface area (Å²) in [7, 11) is 0. The summed E-state index contributed by atoms with van der Waals surface area (Å²) in [5.74, 6) is 0. The van der Waals surface area contributed by atoms with Gasteiger partial charge >= 0.3 is 0 Å². The Morgan fingerprint density at radius 1 is 0.429 bits per heavy atom. The Hall–Kier alpha value is 1.32. The van der Waals surface area contributed by atoms with Gasteiger partial charge in [-0.3, -0.25) is 0 Å². The third kappa shape index (κ3) is 119. The summed E-state index contributed by atoms with van der Waals surface area (Å²) in [6.07, 6.45) is 0. The van der Waals surface area contributed by atoms with Gasteiger partial charge < -0.3 is 55.9 Å². The Morgan fingerprint density at radius 3 is 0.429 bits per heavy atom. The van der Waals surface area contributed by atoms with Gasteiger partial charge in [-0.05, 0) is 0 Å². The Labute approximate surface area is 72.9 Å². The molecule has 0 aliphatic carbocycles. The van der Waals surface area contributed by atoms with Crippen LogP contribution in [-0.2, 0) is 17.1 Å². The first-order valence-electron chi connectivity index (χ1n) is 0. The first kappa shape index (κ1) is 256. The summed E-state index contributed by atoms with van der Waals surface area (Å²) in [4.78, 5) is 0. The molecule has 7 heteroatoms. The van der Waals surface area contributed by atoms with E-state index in [2.05, 4.69) is 0 Å². The molecule has 0 aromatic heterocycles. The van der Waals surface area contributed by atoms with E-state index >= 15 is 0 Å². The molecule has 0 saturated heterocycles. The average molecular weight is 287 g/mol. The third-order valence-corrected chi connectivity index (χ3v) is 0.